The van der Waals surface area contributed by atoms with Crippen molar-refractivity contribution in [2.75, 3.05) is 0 Å². The normalized spacial score (nSPS) is 46.0. The molecule has 39 heavy (non-hydrogen) atoms. The van der Waals surface area contributed by atoms with Crippen molar-refractivity contribution in [2.24, 2.45) is 44.3 Å². The van der Waals surface area contributed by atoms with Gasteiger partial charge in [-0.3, -0.25) is 9.59 Å². The van der Waals surface area contributed by atoms with Crippen molar-refractivity contribution in [1.82, 2.24) is 15.0 Å². The molecule has 0 spiro atoms. The standard InChI is InChI=1S/C33H44N4O2/c1-27(2)11-13-33(37-16-15-35-36-37)14-12-31(7)25(32(33,8)20-27)22(38)17-24-29(5)18-21(19-34)26(39)28(3,4)23(29)9-10-30(24,31)6/h15-18,23,25H,9-14,20H2,1-8H3/t23?,25-,29-,30+,31+,32-,33-/m0/s1. The van der Waals surface area contributed by atoms with Gasteiger partial charge in [0.2, 0.25) is 0 Å². The van der Waals surface area contributed by atoms with E-state index in [1.165, 1.54) is 0 Å². The predicted octanol–water partition coefficient (Wildman–Crippen LogP) is 6.60. The Morgan fingerprint density at radius 2 is 1.64 bits per heavy atom. The molecule has 208 valence electrons. The van der Waals surface area contributed by atoms with Gasteiger partial charge in [0.05, 0.1) is 17.3 Å². The first-order chi connectivity index (χ1) is 18.0. The number of aromatic nitrogens is 3. The van der Waals surface area contributed by atoms with Crippen LogP contribution in [0.15, 0.2) is 35.7 Å². The molecule has 3 saturated carbocycles. The van der Waals surface area contributed by atoms with Crippen molar-refractivity contribution in [3.63, 3.8) is 0 Å². The van der Waals surface area contributed by atoms with E-state index in [1.807, 2.05) is 32.2 Å². The number of nitrogens with zero attached hydrogens (tertiary/aromatic N) is 4. The van der Waals surface area contributed by atoms with Gasteiger partial charge in [-0.05, 0) is 73.2 Å². The largest absolute Gasteiger partial charge is 0.295 e. The first-order valence-electron chi connectivity index (χ1n) is 14.8. The van der Waals surface area contributed by atoms with Crippen molar-refractivity contribution in [3.8, 4) is 6.07 Å². The summed E-state index contributed by atoms with van der Waals surface area (Å²) in [6, 6.07) is 2.21. The second-order valence-electron chi connectivity index (χ2n) is 15.9. The second kappa shape index (κ2) is 7.59. The van der Waals surface area contributed by atoms with Crippen LogP contribution in [0.25, 0.3) is 0 Å². The Morgan fingerprint density at radius 1 is 0.949 bits per heavy atom. The van der Waals surface area contributed by atoms with Crippen LogP contribution in [-0.4, -0.2) is 26.6 Å². The molecule has 0 aromatic carbocycles. The number of hydrogen-bond donors (Lipinski definition) is 0. The first kappa shape index (κ1) is 26.7. The summed E-state index contributed by atoms with van der Waals surface area (Å²) in [4.78, 5) is 28.0. The van der Waals surface area contributed by atoms with Crippen LogP contribution in [0.1, 0.15) is 100 Å². The lowest BCUT2D eigenvalue weighted by atomic mass is 9.32. The summed E-state index contributed by atoms with van der Waals surface area (Å²) >= 11 is 0. The molecular weight excluding hydrogens is 484 g/mol. The van der Waals surface area contributed by atoms with Crippen molar-refractivity contribution < 1.29 is 9.59 Å². The van der Waals surface area contributed by atoms with Crippen LogP contribution in [-0.2, 0) is 15.1 Å². The smallest absolute Gasteiger partial charge is 0.178 e. The molecule has 5 aliphatic rings. The Hall–Kier alpha value is -2.55. The molecule has 0 radical (unpaired) electrons. The van der Waals surface area contributed by atoms with Crippen molar-refractivity contribution in [3.05, 3.63) is 35.7 Å². The van der Waals surface area contributed by atoms with Gasteiger partial charge in [-0.2, -0.15) is 5.26 Å². The number of rotatable bonds is 1. The zero-order valence-electron chi connectivity index (χ0n) is 25.0. The van der Waals surface area contributed by atoms with Crippen LogP contribution in [0.2, 0.25) is 0 Å². The number of nitriles is 1. The summed E-state index contributed by atoms with van der Waals surface area (Å²) in [6.45, 7) is 18.1. The van der Waals surface area contributed by atoms with Crippen LogP contribution in [0.3, 0.4) is 0 Å². The number of hydrogen-bond acceptors (Lipinski definition) is 5. The number of ketones is 2. The summed E-state index contributed by atoms with van der Waals surface area (Å²) < 4.78 is 2.10. The van der Waals surface area contributed by atoms with Crippen molar-refractivity contribution in [1.29, 1.82) is 5.26 Å². The molecule has 0 amide bonds. The zero-order chi connectivity index (χ0) is 28.4. The van der Waals surface area contributed by atoms with E-state index in [2.05, 4.69) is 62.6 Å². The minimum absolute atomic E-state index is 0.0592. The minimum atomic E-state index is -0.647. The average molecular weight is 529 g/mol. The molecule has 0 bridgehead atoms. The lowest BCUT2D eigenvalue weighted by Crippen LogP contribution is -2.70. The maximum atomic E-state index is 14.7. The summed E-state index contributed by atoms with van der Waals surface area (Å²) in [7, 11) is 0. The van der Waals surface area contributed by atoms with Crippen LogP contribution in [0, 0.1) is 55.7 Å². The van der Waals surface area contributed by atoms with Gasteiger partial charge >= 0.3 is 0 Å². The van der Waals surface area contributed by atoms with E-state index < -0.39 is 10.8 Å². The maximum absolute atomic E-state index is 14.7. The fourth-order valence-corrected chi connectivity index (χ4v) is 11.3. The number of carbonyl (C=O) groups is 2. The van der Waals surface area contributed by atoms with E-state index in [9.17, 15) is 14.9 Å². The van der Waals surface area contributed by atoms with E-state index >= 15 is 0 Å². The zero-order valence-corrected chi connectivity index (χ0v) is 25.0. The number of fused-ring (bicyclic) bond motifs is 7. The van der Waals surface area contributed by atoms with Gasteiger partial charge in [0, 0.05) is 28.4 Å². The topological polar surface area (TPSA) is 88.6 Å². The molecule has 0 aliphatic heterocycles. The van der Waals surface area contributed by atoms with Gasteiger partial charge in [0.15, 0.2) is 11.6 Å². The van der Waals surface area contributed by atoms with Crippen LogP contribution >= 0.6 is 0 Å². The molecule has 0 saturated heterocycles. The Kier molecular flexibility index (Phi) is 5.19. The van der Waals surface area contributed by atoms with Gasteiger partial charge in [-0.25, -0.2) is 4.68 Å². The molecule has 6 nitrogen and oxygen atoms in total. The van der Waals surface area contributed by atoms with Crippen LogP contribution < -0.4 is 0 Å². The molecule has 5 aliphatic carbocycles. The molecular formula is C33H44N4O2. The second-order valence-corrected chi connectivity index (χ2v) is 15.9. The van der Waals surface area contributed by atoms with E-state index in [0.29, 0.717) is 0 Å². The first-order valence-corrected chi connectivity index (χ1v) is 14.8. The molecule has 6 heteroatoms. The monoisotopic (exact) mass is 528 g/mol. The number of allylic oxidation sites excluding steroid dienone is 4. The Bertz CT molecular complexity index is 1380. The highest BCUT2D eigenvalue weighted by atomic mass is 16.1. The molecule has 0 N–H and O–H groups in total. The third-order valence-electron chi connectivity index (χ3n) is 13.2. The SMILES string of the molecule is CC1(C)CC[C@]2(n3ccnn3)CC[C@]3(C)[C@H](C(=O)C=C4[C@@]5(C)C=C(C#N)C(=O)C(C)(C)C5CC[C@]43C)[C@]2(C)C1. The van der Waals surface area contributed by atoms with E-state index in [-0.39, 0.29) is 56.2 Å². The third-order valence-corrected chi connectivity index (χ3v) is 13.2. The van der Waals surface area contributed by atoms with Gasteiger partial charge in [-0.15, -0.1) is 5.10 Å². The van der Waals surface area contributed by atoms with Crippen molar-refractivity contribution >= 4 is 11.6 Å². The average Bonchev–Trinajstić information content (AvgIpc) is 3.38. The molecule has 6 rings (SSSR count). The highest BCUT2D eigenvalue weighted by Gasteiger charge is 2.73. The summed E-state index contributed by atoms with van der Waals surface area (Å²) in [6.07, 6.45) is 14.5. The highest BCUT2D eigenvalue weighted by Crippen LogP contribution is 2.76. The molecule has 1 aromatic rings. The van der Waals surface area contributed by atoms with E-state index in [0.717, 1.165) is 50.5 Å². The fourth-order valence-electron chi connectivity index (χ4n) is 11.3. The highest BCUT2D eigenvalue weighted by molar-refractivity contribution is 6.04. The number of Topliss-reactive ketones (excluding diaryl/α,β-unsaturated/α-hetero) is 1. The van der Waals surface area contributed by atoms with Gasteiger partial charge in [0.25, 0.3) is 0 Å². The molecule has 1 unspecified atom stereocenters. The number of carbonyl (C=O) groups excluding carboxylic acids is 2. The van der Waals surface area contributed by atoms with Crippen LogP contribution in [0.4, 0.5) is 0 Å². The maximum Gasteiger partial charge on any atom is 0.178 e. The lowest BCUT2D eigenvalue weighted by molar-refractivity contribution is -0.202. The van der Waals surface area contributed by atoms with E-state index in [1.54, 1.807) is 6.20 Å². The molecule has 1 aromatic heterocycles. The molecule has 7 atom stereocenters. The summed E-state index contributed by atoms with van der Waals surface area (Å²) in [5, 5.41) is 18.7. The van der Waals surface area contributed by atoms with Crippen molar-refractivity contribution in [2.45, 2.75) is 106 Å². The van der Waals surface area contributed by atoms with Crippen LogP contribution in [0.5, 0.6) is 0 Å². The Labute approximate surface area is 233 Å². The minimum Gasteiger partial charge on any atom is -0.295 e. The molecule has 3 fully saturated rings. The summed E-state index contributed by atoms with van der Waals surface area (Å²) in [5.74, 6) is 0.0750. The predicted molar refractivity (Wildman–Crippen MR) is 149 cm³/mol. The lowest BCUT2D eigenvalue weighted by Gasteiger charge is -2.72. The quantitative estimate of drug-likeness (QED) is 0.410. The van der Waals surface area contributed by atoms with E-state index in [4.69, 9.17) is 0 Å². The van der Waals surface area contributed by atoms with Gasteiger partial charge in [-0.1, -0.05) is 72.3 Å². The Morgan fingerprint density at radius 3 is 2.28 bits per heavy atom. The molecule has 1 heterocycles. The van der Waals surface area contributed by atoms with Gasteiger partial charge in [0.1, 0.15) is 6.07 Å². The fraction of sp³-hybridized carbons (Fsp3) is 0.727. The van der Waals surface area contributed by atoms with Gasteiger partial charge < -0.3 is 0 Å². The summed E-state index contributed by atoms with van der Waals surface area (Å²) in [5.41, 5.74) is -0.625. The Balaban J connectivity index is 1.58. The third kappa shape index (κ3) is 2.98.